The number of benzene rings is 1. The minimum Gasteiger partial charge on any atom is -0.545 e. The summed E-state index contributed by atoms with van der Waals surface area (Å²) in [5.41, 5.74) is 1.64. The van der Waals surface area contributed by atoms with E-state index in [1.807, 2.05) is 30.3 Å². The molecular weight excluding hydrogens is 204 g/mol. The van der Waals surface area contributed by atoms with Crippen LogP contribution in [-0.2, 0) is 4.79 Å². The second-order valence-corrected chi connectivity index (χ2v) is 3.21. The second-order valence-electron chi connectivity index (χ2n) is 3.21. The Morgan fingerprint density at radius 1 is 1.31 bits per heavy atom. The summed E-state index contributed by atoms with van der Waals surface area (Å²) in [5, 5.41) is 14.3. The van der Waals surface area contributed by atoms with E-state index in [4.69, 9.17) is 0 Å². The fourth-order valence-corrected chi connectivity index (χ4v) is 1.31. The molecule has 80 valence electrons. The number of aromatic nitrogens is 2. The van der Waals surface area contributed by atoms with Crippen LogP contribution in [0.2, 0.25) is 0 Å². The molecule has 0 aliphatic rings. The highest BCUT2D eigenvalue weighted by Gasteiger charge is 1.96. The molecule has 1 aromatic carbocycles. The molecule has 1 aromatic heterocycles. The van der Waals surface area contributed by atoms with E-state index in [1.165, 1.54) is 6.08 Å². The number of para-hydroxylation sites is 1. The fourth-order valence-electron chi connectivity index (χ4n) is 1.31. The molecule has 0 N–H and O–H groups in total. The first-order valence-corrected chi connectivity index (χ1v) is 4.75. The van der Waals surface area contributed by atoms with E-state index in [0.29, 0.717) is 5.56 Å². The Labute approximate surface area is 92.5 Å². The number of carboxylic acid groups (broad SMARTS) is 1. The largest absolute Gasteiger partial charge is 0.545 e. The van der Waals surface area contributed by atoms with Gasteiger partial charge in [0.05, 0.1) is 17.9 Å². The van der Waals surface area contributed by atoms with Crippen molar-refractivity contribution in [2.45, 2.75) is 0 Å². The summed E-state index contributed by atoms with van der Waals surface area (Å²) in [7, 11) is 0. The molecule has 0 aliphatic carbocycles. The lowest BCUT2D eigenvalue weighted by atomic mass is 10.3. The zero-order valence-electron chi connectivity index (χ0n) is 8.41. The van der Waals surface area contributed by atoms with Crippen molar-refractivity contribution < 1.29 is 9.90 Å². The molecule has 0 spiro atoms. The highest BCUT2D eigenvalue weighted by molar-refractivity contribution is 5.83. The predicted molar refractivity (Wildman–Crippen MR) is 57.6 cm³/mol. The molecule has 0 unspecified atom stereocenters. The molecular formula is C12H9N2O2-. The first kappa shape index (κ1) is 10.2. The number of carbonyl (C=O) groups excluding carboxylic acids is 1. The van der Waals surface area contributed by atoms with Gasteiger partial charge in [-0.2, -0.15) is 5.10 Å². The van der Waals surface area contributed by atoms with Crippen molar-refractivity contribution in [2.75, 3.05) is 0 Å². The van der Waals surface area contributed by atoms with E-state index in [0.717, 1.165) is 11.8 Å². The maximum atomic E-state index is 10.2. The molecule has 4 heteroatoms. The minimum absolute atomic E-state index is 0.716. The molecule has 0 bridgehead atoms. The number of carboxylic acids is 1. The molecule has 0 amide bonds. The van der Waals surface area contributed by atoms with Gasteiger partial charge in [0.15, 0.2) is 0 Å². The van der Waals surface area contributed by atoms with E-state index >= 15 is 0 Å². The lowest BCUT2D eigenvalue weighted by Crippen LogP contribution is -2.18. The first-order valence-electron chi connectivity index (χ1n) is 4.75. The zero-order chi connectivity index (χ0) is 11.4. The van der Waals surface area contributed by atoms with Crippen LogP contribution in [0.3, 0.4) is 0 Å². The maximum absolute atomic E-state index is 10.2. The Hall–Kier alpha value is -2.36. The summed E-state index contributed by atoms with van der Waals surface area (Å²) in [6, 6.07) is 9.57. The van der Waals surface area contributed by atoms with Crippen LogP contribution < -0.4 is 5.11 Å². The van der Waals surface area contributed by atoms with Crippen LogP contribution in [0.1, 0.15) is 5.56 Å². The van der Waals surface area contributed by atoms with Gasteiger partial charge < -0.3 is 9.90 Å². The monoisotopic (exact) mass is 213 g/mol. The van der Waals surface area contributed by atoms with Crippen molar-refractivity contribution in [3.05, 3.63) is 54.4 Å². The van der Waals surface area contributed by atoms with Gasteiger partial charge in [0, 0.05) is 11.8 Å². The van der Waals surface area contributed by atoms with Gasteiger partial charge in [-0.1, -0.05) is 24.3 Å². The molecule has 0 radical (unpaired) electrons. The second kappa shape index (κ2) is 4.44. The summed E-state index contributed by atoms with van der Waals surface area (Å²) in [5.74, 6) is -1.22. The summed E-state index contributed by atoms with van der Waals surface area (Å²) < 4.78 is 1.68. The Morgan fingerprint density at radius 2 is 2.06 bits per heavy atom. The highest BCUT2D eigenvalue weighted by Crippen LogP contribution is 2.08. The van der Waals surface area contributed by atoms with Gasteiger partial charge >= 0.3 is 0 Å². The smallest absolute Gasteiger partial charge is 0.0645 e. The molecule has 2 aromatic rings. The average molecular weight is 213 g/mol. The quantitative estimate of drug-likeness (QED) is 0.703. The summed E-state index contributed by atoms with van der Waals surface area (Å²) in [6.07, 6.45) is 5.76. The number of carbonyl (C=O) groups is 1. The Kier molecular flexibility index (Phi) is 2.82. The third kappa shape index (κ3) is 2.36. The van der Waals surface area contributed by atoms with Crippen molar-refractivity contribution in [1.82, 2.24) is 9.78 Å². The molecule has 2 rings (SSSR count). The molecule has 0 fully saturated rings. The van der Waals surface area contributed by atoms with Gasteiger partial charge in [0.1, 0.15) is 0 Å². The van der Waals surface area contributed by atoms with Gasteiger partial charge in [-0.05, 0) is 18.2 Å². The van der Waals surface area contributed by atoms with Crippen molar-refractivity contribution in [1.29, 1.82) is 0 Å². The van der Waals surface area contributed by atoms with Crippen molar-refractivity contribution in [2.24, 2.45) is 0 Å². The first-order chi connectivity index (χ1) is 7.75. The molecule has 4 nitrogen and oxygen atoms in total. The van der Waals surface area contributed by atoms with Gasteiger partial charge in [-0.3, -0.25) is 0 Å². The van der Waals surface area contributed by atoms with Crippen molar-refractivity contribution in [3.63, 3.8) is 0 Å². The van der Waals surface area contributed by atoms with Crippen LogP contribution in [-0.4, -0.2) is 15.7 Å². The van der Waals surface area contributed by atoms with E-state index in [1.54, 1.807) is 17.1 Å². The molecule has 0 atom stereocenters. The van der Waals surface area contributed by atoms with Gasteiger partial charge in [0.2, 0.25) is 0 Å². The van der Waals surface area contributed by atoms with Gasteiger partial charge in [0.25, 0.3) is 0 Å². The number of hydrogen-bond donors (Lipinski definition) is 0. The van der Waals surface area contributed by atoms with E-state index < -0.39 is 5.97 Å². The van der Waals surface area contributed by atoms with Crippen LogP contribution >= 0.6 is 0 Å². The molecule has 0 aliphatic heterocycles. The normalized spacial score (nSPS) is 10.8. The topological polar surface area (TPSA) is 57.9 Å². The van der Waals surface area contributed by atoms with Crippen LogP contribution in [0.25, 0.3) is 11.8 Å². The average Bonchev–Trinajstić information content (AvgIpc) is 2.76. The Morgan fingerprint density at radius 3 is 2.75 bits per heavy atom. The number of nitrogens with zero attached hydrogens (tertiary/aromatic N) is 2. The lowest BCUT2D eigenvalue weighted by Gasteiger charge is -1.98. The molecule has 16 heavy (non-hydrogen) atoms. The molecule has 1 heterocycles. The maximum Gasteiger partial charge on any atom is 0.0645 e. The van der Waals surface area contributed by atoms with Crippen LogP contribution in [0.4, 0.5) is 0 Å². The molecule has 0 saturated carbocycles. The van der Waals surface area contributed by atoms with Crippen LogP contribution in [0, 0.1) is 0 Å². The number of aliphatic carboxylic acids is 1. The lowest BCUT2D eigenvalue weighted by molar-refractivity contribution is -0.297. The Balaban J connectivity index is 2.23. The van der Waals surface area contributed by atoms with Crippen LogP contribution in [0.15, 0.2) is 48.8 Å². The standard InChI is InChI=1S/C12H10N2O2/c15-12(16)7-6-10-8-13-14(9-10)11-4-2-1-3-5-11/h1-9H,(H,15,16)/p-1/b7-6+. The third-order valence-electron chi connectivity index (χ3n) is 2.04. The van der Waals surface area contributed by atoms with E-state index in [-0.39, 0.29) is 0 Å². The third-order valence-corrected chi connectivity index (χ3v) is 2.04. The van der Waals surface area contributed by atoms with Crippen molar-refractivity contribution in [3.8, 4) is 5.69 Å². The van der Waals surface area contributed by atoms with E-state index in [9.17, 15) is 9.90 Å². The number of rotatable bonds is 3. The molecule has 0 saturated heterocycles. The van der Waals surface area contributed by atoms with Gasteiger partial charge in [-0.25, -0.2) is 4.68 Å². The SMILES string of the molecule is O=C([O-])/C=C/c1cnn(-c2ccccc2)c1. The summed E-state index contributed by atoms with van der Waals surface area (Å²) >= 11 is 0. The minimum atomic E-state index is -1.22. The van der Waals surface area contributed by atoms with Gasteiger partial charge in [-0.15, -0.1) is 0 Å². The summed E-state index contributed by atoms with van der Waals surface area (Å²) in [6.45, 7) is 0. The fraction of sp³-hybridized carbons (Fsp3) is 0. The van der Waals surface area contributed by atoms with E-state index in [2.05, 4.69) is 5.10 Å². The predicted octanol–water partition coefficient (Wildman–Crippen LogP) is 0.635. The zero-order valence-corrected chi connectivity index (χ0v) is 8.41. The number of hydrogen-bond acceptors (Lipinski definition) is 3. The Bertz CT molecular complexity index is 515. The van der Waals surface area contributed by atoms with Crippen LogP contribution in [0.5, 0.6) is 0 Å². The van der Waals surface area contributed by atoms with Crippen molar-refractivity contribution >= 4 is 12.0 Å². The summed E-state index contributed by atoms with van der Waals surface area (Å²) in [4.78, 5) is 10.2. The highest BCUT2D eigenvalue weighted by atomic mass is 16.4.